The molecule has 0 aromatic carbocycles. The smallest absolute Gasteiger partial charge is 0.310 e. The van der Waals surface area contributed by atoms with E-state index in [9.17, 15) is 4.79 Å². The highest BCUT2D eigenvalue weighted by Crippen LogP contribution is 1.97. The zero-order valence-corrected chi connectivity index (χ0v) is 7.50. The highest BCUT2D eigenvalue weighted by molar-refractivity contribution is 5.85. The molecule has 1 aromatic rings. The lowest BCUT2D eigenvalue weighted by atomic mass is 10.2. The maximum absolute atomic E-state index is 10.7. The van der Waals surface area contributed by atoms with Crippen LogP contribution in [0.3, 0.4) is 0 Å². The van der Waals surface area contributed by atoms with Gasteiger partial charge in [-0.1, -0.05) is 6.07 Å². The summed E-state index contributed by atoms with van der Waals surface area (Å²) in [5.74, 6) is -0.238. The number of aromatic nitrogens is 1. The summed E-state index contributed by atoms with van der Waals surface area (Å²) in [6, 6.07) is 3.63. The number of methoxy groups -OCH3 is 1. The van der Waals surface area contributed by atoms with E-state index in [2.05, 4.69) is 9.72 Å². The third-order valence-corrected chi connectivity index (χ3v) is 1.30. The second-order valence-corrected chi connectivity index (χ2v) is 2.11. The Hall–Kier alpha value is -1.09. The molecule has 0 aliphatic carbocycles. The zero-order valence-electron chi connectivity index (χ0n) is 6.69. The third-order valence-electron chi connectivity index (χ3n) is 1.30. The average molecular weight is 188 g/mol. The van der Waals surface area contributed by atoms with Gasteiger partial charge < -0.3 is 4.74 Å². The Morgan fingerprint density at radius 1 is 1.67 bits per heavy atom. The predicted octanol–water partition coefficient (Wildman–Crippen LogP) is 1.22. The Balaban J connectivity index is 0.00000121. The van der Waals surface area contributed by atoms with Crippen molar-refractivity contribution in [3.63, 3.8) is 0 Å². The molecule has 0 saturated carbocycles. The standard InChI is InChI=1S/C8H9NO2.ClH/c1-11-8(10)5-7-3-2-4-9-6-7;/h2-4,6H,5H2,1H3;1H. The number of halogens is 1. The summed E-state index contributed by atoms with van der Waals surface area (Å²) in [6.45, 7) is 0. The van der Waals surface area contributed by atoms with Gasteiger partial charge in [0.1, 0.15) is 0 Å². The molecule has 0 radical (unpaired) electrons. The molecule has 1 rings (SSSR count). The third kappa shape index (κ3) is 3.34. The number of carbonyl (C=O) groups excluding carboxylic acids is 1. The van der Waals surface area contributed by atoms with E-state index in [-0.39, 0.29) is 18.4 Å². The van der Waals surface area contributed by atoms with E-state index in [1.165, 1.54) is 7.11 Å². The molecule has 1 aromatic heterocycles. The average Bonchev–Trinajstić information content (AvgIpc) is 2.06. The minimum absolute atomic E-state index is 0. The SMILES string of the molecule is COC(=O)Cc1cccnc1.Cl. The largest absolute Gasteiger partial charge is 0.469 e. The minimum Gasteiger partial charge on any atom is -0.469 e. The molecule has 0 aliphatic rings. The van der Waals surface area contributed by atoms with Crippen LogP contribution in [-0.2, 0) is 16.0 Å². The van der Waals surface area contributed by atoms with Crippen LogP contribution in [0, 0.1) is 0 Å². The van der Waals surface area contributed by atoms with E-state index in [1.807, 2.05) is 6.07 Å². The van der Waals surface area contributed by atoms with Gasteiger partial charge >= 0.3 is 5.97 Å². The molecular weight excluding hydrogens is 178 g/mol. The predicted molar refractivity (Wildman–Crippen MR) is 47.2 cm³/mol. The lowest BCUT2D eigenvalue weighted by Crippen LogP contribution is -2.04. The van der Waals surface area contributed by atoms with Crippen LogP contribution in [0.4, 0.5) is 0 Å². The molecule has 1 heterocycles. The van der Waals surface area contributed by atoms with E-state index >= 15 is 0 Å². The number of hydrogen-bond acceptors (Lipinski definition) is 3. The van der Waals surface area contributed by atoms with Gasteiger partial charge in [0.25, 0.3) is 0 Å². The summed E-state index contributed by atoms with van der Waals surface area (Å²) in [5, 5.41) is 0. The Labute approximate surface area is 77.2 Å². The highest BCUT2D eigenvalue weighted by atomic mass is 35.5. The fourth-order valence-corrected chi connectivity index (χ4v) is 0.742. The maximum atomic E-state index is 10.7. The molecule has 0 N–H and O–H groups in total. The van der Waals surface area contributed by atoms with Gasteiger partial charge in [-0.2, -0.15) is 0 Å². The molecule has 0 unspecified atom stereocenters. The van der Waals surface area contributed by atoms with Gasteiger partial charge in [0, 0.05) is 12.4 Å². The van der Waals surface area contributed by atoms with Crippen molar-refractivity contribution in [3.8, 4) is 0 Å². The molecule has 4 heteroatoms. The lowest BCUT2D eigenvalue weighted by Gasteiger charge is -1.96. The fraction of sp³-hybridized carbons (Fsp3) is 0.250. The molecule has 0 atom stereocenters. The first-order valence-corrected chi connectivity index (χ1v) is 3.28. The van der Waals surface area contributed by atoms with Crippen molar-refractivity contribution < 1.29 is 9.53 Å². The van der Waals surface area contributed by atoms with Crippen molar-refractivity contribution in [1.82, 2.24) is 4.98 Å². The Bertz CT molecular complexity index is 238. The van der Waals surface area contributed by atoms with Crippen LogP contribution in [0.1, 0.15) is 5.56 Å². The van der Waals surface area contributed by atoms with Crippen LogP contribution >= 0.6 is 12.4 Å². The van der Waals surface area contributed by atoms with Crippen molar-refractivity contribution in [2.24, 2.45) is 0 Å². The molecule has 0 spiro atoms. The quantitative estimate of drug-likeness (QED) is 0.654. The van der Waals surface area contributed by atoms with Crippen LogP contribution in [0.15, 0.2) is 24.5 Å². The molecule has 3 nitrogen and oxygen atoms in total. The first kappa shape index (κ1) is 10.9. The van der Waals surface area contributed by atoms with Crippen LogP contribution in [-0.4, -0.2) is 18.1 Å². The van der Waals surface area contributed by atoms with Gasteiger partial charge in [0.15, 0.2) is 0 Å². The molecule has 0 amide bonds. The van der Waals surface area contributed by atoms with Crippen molar-refractivity contribution in [2.75, 3.05) is 7.11 Å². The van der Waals surface area contributed by atoms with Gasteiger partial charge in [-0.25, -0.2) is 0 Å². The Morgan fingerprint density at radius 2 is 2.42 bits per heavy atom. The van der Waals surface area contributed by atoms with E-state index in [1.54, 1.807) is 18.5 Å². The summed E-state index contributed by atoms with van der Waals surface area (Å²) >= 11 is 0. The molecule has 0 fully saturated rings. The van der Waals surface area contributed by atoms with Crippen molar-refractivity contribution in [3.05, 3.63) is 30.1 Å². The molecule has 0 bridgehead atoms. The number of hydrogen-bond donors (Lipinski definition) is 0. The van der Waals surface area contributed by atoms with Gasteiger partial charge in [-0.05, 0) is 11.6 Å². The van der Waals surface area contributed by atoms with Crippen LogP contribution in [0.25, 0.3) is 0 Å². The number of carbonyl (C=O) groups is 1. The summed E-state index contributed by atoms with van der Waals surface area (Å²) in [7, 11) is 1.37. The van der Waals surface area contributed by atoms with Gasteiger partial charge in [-0.15, -0.1) is 12.4 Å². The molecular formula is C8H10ClNO2. The van der Waals surface area contributed by atoms with E-state index in [0.717, 1.165) is 5.56 Å². The minimum atomic E-state index is -0.238. The lowest BCUT2D eigenvalue weighted by molar-refractivity contribution is -0.139. The molecule has 66 valence electrons. The Morgan fingerprint density at radius 3 is 2.92 bits per heavy atom. The number of rotatable bonds is 2. The summed E-state index contributed by atoms with van der Waals surface area (Å²) < 4.78 is 4.49. The first-order valence-electron chi connectivity index (χ1n) is 3.28. The van der Waals surface area contributed by atoms with Crippen molar-refractivity contribution in [1.29, 1.82) is 0 Å². The second-order valence-electron chi connectivity index (χ2n) is 2.11. The molecule has 12 heavy (non-hydrogen) atoms. The van der Waals surface area contributed by atoms with Crippen molar-refractivity contribution in [2.45, 2.75) is 6.42 Å². The number of pyridine rings is 1. The van der Waals surface area contributed by atoms with Crippen LogP contribution in [0.5, 0.6) is 0 Å². The van der Waals surface area contributed by atoms with Gasteiger partial charge in [-0.3, -0.25) is 9.78 Å². The van der Waals surface area contributed by atoms with E-state index in [4.69, 9.17) is 0 Å². The van der Waals surface area contributed by atoms with Gasteiger partial charge in [0.2, 0.25) is 0 Å². The molecule has 0 aliphatic heterocycles. The zero-order chi connectivity index (χ0) is 8.10. The maximum Gasteiger partial charge on any atom is 0.310 e. The topological polar surface area (TPSA) is 39.2 Å². The number of nitrogens with zero attached hydrogens (tertiary/aromatic N) is 1. The number of ether oxygens (including phenoxy) is 1. The van der Waals surface area contributed by atoms with E-state index in [0.29, 0.717) is 6.42 Å². The normalized spacial score (nSPS) is 8.42. The van der Waals surface area contributed by atoms with Gasteiger partial charge in [0.05, 0.1) is 13.5 Å². The highest BCUT2D eigenvalue weighted by Gasteiger charge is 2.00. The van der Waals surface area contributed by atoms with Crippen LogP contribution in [0.2, 0.25) is 0 Å². The monoisotopic (exact) mass is 187 g/mol. The Kier molecular flexibility index (Phi) is 5.04. The van der Waals surface area contributed by atoms with E-state index < -0.39 is 0 Å². The summed E-state index contributed by atoms with van der Waals surface area (Å²) in [4.78, 5) is 14.6. The second kappa shape index (κ2) is 5.55. The molecule has 0 saturated heterocycles. The summed E-state index contributed by atoms with van der Waals surface area (Å²) in [5.41, 5.74) is 0.874. The first-order chi connectivity index (χ1) is 5.33. The van der Waals surface area contributed by atoms with Crippen molar-refractivity contribution >= 4 is 18.4 Å². The fourth-order valence-electron chi connectivity index (χ4n) is 0.742. The summed E-state index contributed by atoms with van der Waals surface area (Å²) in [6.07, 6.45) is 3.61. The van der Waals surface area contributed by atoms with Crippen LogP contribution < -0.4 is 0 Å². The number of esters is 1.